The largest absolute Gasteiger partial charge is 0.481 e. The molecule has 0 aromatic heterocycles. The van der Waals surface area contributed by atoms with Crippen molar-refractivity contribution in [3.05, 3.63) is 34.9 Å². The van der Waals surface area contributed by atoms with Crippen LogP contribution in [-0.4, -0.2) is 16.9 Å². The molecular formula is C15H17ClO3. The Morgan fingerprint density at radius 2 is 1.68 bits per heavy atom. The van der Waals surface area contributed by atoms with Gasteiger partial charge >= 0.3 is 5.97 Å². The van der Waals surface area contributed by atoms with Gasteiger partial charge in [0.2, 0.25) is 0 Å². The van der Waals surface area contributed by atoms with Crippen molar-refractivity contribution in [1.82, 2.24) is 0 Å². The molecule has 0 unspecified atom stereocenters. The molecule has 19 heavy (non-hydrogen) atoms. The average molecular weight is 281 g/mol. The predicted molar refractivity (Wildman–Crippen MR) is 73.6 cm³/mol. The van der Waals surface area contributed by atoms with E-state index in [9.17, 15) is 9.59 Å². The maximum Gasteiger partial charge on any atom is 0.304 e. The molecule has 1 aromatic rings. The molecule has 0 spiro atoms. The minimum Gasteiger partial charge on any atom is -0.481 e. The molecule has 0 atom stereocenters. The van der Waals surface area contributed by atoms with Gasteiger partial charge in [0.05, 0.1) is 6.42 Å². The fourth-order valence-corrected chi connectivity index (χ4v) is 3.04. The standard InChI is InChI=1S/C15H17ClO3/c16-12-6-4-11(5-7-12)14(19)15(10-13(17)18)8-2-1-3-9-15/h4-7H,1-3,8-10H2,(H,17,18). The lowest BCUT2D eigenvalue weighted by molar-refractivity contribution is -0.139. The van der Waals surface area contributed by atoms with E-state index in [1.165, 1.54) is 0 Å². The first-order chi connectivity index (χ1) is 9.03. The van der Waals surface area contributed by atoms with Gasteiger partial charge in [0, 0.05) is 16.0 Å². The Labute approximate surface area is 117 Å². The number of carboxylic acids is 1. The molecule has 0 amide bonds. The quantitative estimate of drug-likeness (QED) is 0.850. The van der Waals surface area contributed by atoms with E-state index in [0.29, 0.717) is 23.4 Å². The summed E-state index contributed by atoms with van der Waals surface area (Å²) >= 11 is 5.82. The van der Waals surface area contributed by atoms with Crippen LogP contribution in [0, 0.1) is 5.41 Å². The molecular weight excluding hydrogens is 264 g/mol. The van der Waals surface area contributed by atoms with E-state index < -0.39 is 11.4 Å². The van der Waals surface area contributed by atoms with E-state index in [0.717, 1.165) is 19.3 Å². The molecule has 102 valence electrons. The normalized spacial score (nSPS) is 17.9. The van der Waals surface area contributed by atoms with Crippen LogP contribution in [0.25, 0.3) is 0 Å². The highest BCUT2D eigenvalue weighted by Crippen LogP contribution is 2.42. The summed E-state index contributed by atoms with van der Waals surface area (Å²) in [6.07, 6.45) is 4.18. The van der Waals surface area contributed by atoms with Gasteiger partial charge in [0.25, 0.3) is 0 Å². The van der Waals surface area contributed by atoms with Gasteiger partial charge in [-0.1, -0.05) is 30.9 Å². The van der Waals surface area contributed by atoms with Crippen molar-refractivity contribution >= 4 is 23.4 Å². The zero-order valence-electron chi connectivity index (χ0n) is 10.7. The Morgan fingerprint density at radius 1 is 1.11 bits per heavy atom. The van der Waals surface area contributed by atoms with Crippen molar-refractivity contribution in [3.8, 4) is 0 Å². The third kappa shape index (κ3) is 3.16. The van der Waals surface area contributed by atoms with Gasteiger partial charge in [0.1, 0.15) is 0 Å². The third-order valence-electron chi connectivity index (χ3n) is 3.89. The van der Waals surface area contributed by atoms with Gasteiger partial charge in [-0.15, -0.1) is 0 Å². The van der Waals surface area contributed by atoms with Crippen LogP contribution in [0.2, 0.25) is 5.02 Å². The van der Waals surface area contributed by atoms with E-state index in [2.05, 4.69) is 0 Å². The third-order valence-corrected chi connectivity index (χ3v) is 4.14. The Hall–Kier alpha value is -1.35. The lowest BCUT2D eigenvalue weighted by Crippen LogP contribution is -2.35. The summed E-state index contributed by atoms with van der Waals surface area (Å²) in [6.45, 7) is 0. The van der Waals surface area contributed by atoms with Crippen LogP contribution in [0.3, 0.4) is 0 Å². The van der Waals surface area contributed by atoms with Crippen molar-refractivity contribution in [1.29, 1.82) is 0 Å². The number of aliphatic carboxylic acids is 1. The van der Waals surface area contributed by atoms with Crippen LogP contribution >= 0.6 is 11.6 Å². The number of rotatable bonds is 4. The minimum absolute atomic E-state index is 0.0498. The number of hydrogen-bond donors (Lipinski definition) is 1. The maximum atomic E-state index is 12.7. The van der Waals surface area contributed by atoms with Crippen molar-refractivity contribution < 1.29 is 14.7 Å². The number of Topliss-reactive ketones (excluding diaryl/α,β-unsaturated/α-hetero) is 1. The summed E-state index contributed by atoms with van der Waals surface area (Å²) < 4.78 is 0. The Balaban J connectivity index is 2.29. The molecule has 0 aliphatic heterocycles. The predicted octanol–water partition coefficient (Wildman–Crippen LogP) is 3.95. The lowest BCUT2D eigenvalue weighted by Gasteiger charge is -2.34. The van der Waals surface area contributed by atoms with E-state index in [-0.39, 0.29) is 12.2 Å². The summed E-state index contributed by atoms with van der Waals surface area (Å²) in [7, 11) is 0. The molecule has 3 nitrogen and oxygen atoms in total. The van der Waals surface area contributed by atoms with Crippen molar-refractivity contribution in [3.63, 3.8) is 0 Å². The highest BCUT2D eigenvalue weighted by Gasteiger charge is 2.41. The average Bonchev–Trinajstić information content (AvgIpc) is 2.39. The van der Waals surface area contributed by atoms with E-state index >= 15 is 0 Å². The molecule has 1 aromatic carbocycles. The molecule has 4 heteroatoms. The lowest BCUT2D eigenvalue weighted by atomic mass is 9.67. The number of hydrogen-bond acceptors (Lipinski definition) is 2. The zero-order valence-corrected chi connectivity index (χ0v) is 11.4. The minimum atomic E-state index is -0.899. The van der Waals surface area contributed by atoms with Crippen molar-refractivity contribution in [2.45, 2.75) is 38.5 Å². The Kier molecular flexibility index (Phi) is 4.25. The van der Waals surface area contributed by atoms with Gasteiger partial charge < -0.3 is 5.11 Å². The monoisotopic (exact) mass is 280 g/mol. The smallest absolute Gasteiger partial charge is 0.304 e. The van der Waals surface area contributed by atoms with Crippen LogP contribution < -0.4 is 0 Å². The molecule has 1 aliphatic rings. The number of benzene rings is 1. The highest BCUT2D eigenvalue weighted by atomic mass is 35.5. The van der Waals surface area contributed by atoms with E-state index in [1.807, 2.05) is 0 Å². The Bertz CT molecular complexity index is 473. The summed E-state index contributed by atoms with van der Waals surface area (Å²) in [5, 5.41) is 9.67. The molecule has 1 fully saturated rings. The fraction of sp³-hybridized carbons (Fsp3) is 0.467. The van der Waals surface area contributed by atoms with E-state index in [1.54, 1.807) is 24.3 Å². The van der Waals surface area contributed by atoms with Crippen LogP contribution in [0.5, 0.6) is 0 Å². The first kappa shape index (κ1) is 14.1. The second-order valence-corrected chi connectivity index (χ2v) is 5.68. The molecule has 0 bridgehead atoms. The second-order valence-electron chi connectivity index (χ2n) is 5.25. The van der Waals surface area contributed by atoms with Crippen LogP contribution in [-0.2, 0) is 4.79 Å². The summed E-state index contributed by atoms with van der Waals surface area (Å²) in [6, 6.07) is 6.71. The number of ketones is 1. The molecule has 1 saturated carbocycles. The summed E-state index contributed by atoms with van der Waals surface area (Å²) in [5.41, 5.74) is -0.162. The second kappa shape index (κ2) is 5.74. The van der Waals surface area contributed by atoms with Crippen LogP contribution in [0.15, 0.2) is 24.3 Å². The van der Waals surface area contributed by atoms with Crippen LogP contribution in [0.4, 0.5) is 0 Å². The number of carbonyl (C=O) groups excluding carboxylic acids is 1. The van der Waals surface area contributed by atoms with E-state index in [4.69, 9.17) is 16.7 Å². The SMILES string of the molecule is O=C(O)CC1(C(=O)c2ccc(Cl)cc2)CCCCC1. The molecule has 0 saturated heterocycles. The molecule has 2 rings (SSSR count). The fourth-order valence-electron chi connectivity index (χ4n) is 2.91. The zero-order chi connectivity index (χ0) is 13.9. The maximum absolute atomic E-state index is 12.7. The van der Waals surface area contributed by atoms with Crippen LogP contribution in [0.1, 0.15) is 48.9 Å². The molecule has 0 radical (unpaired) electrons. The molecule has 1 aliphatic carbocycles. The van der Waals surface area contributed by atoms with Gasteiger partial charge in [-0.2, -0.15) is 0 Å². The van der Waals surface area contributed by atoms with Gasteiger partial charge in [0.15, 0.2) is 5.78 Å². The summed E-state index contributed by atoms with van der Waals surface area (Å²) in [4.78, 5) is 23.8. The van der Waals surface area contributed by atoms with Gasteiger partial charge in [-0.25, -0.2) is 0 Å². The number of carboxylic acid groups (broad SMARTS) is 1. The van der Waals surface area contributed by atoms with Crippen molar-refractivity contribution in [2.24, 2.45) is 5.41 Å². The topological polar surface area (TPSA) is 54.4 Å². The molecule has 1 N–H and O–H groups in total. The molecule has 0 heterocycles. The Morgan fingerprint density at radius 3 is 2.21 bits per heavy atom. The van der Waals surface area contributed by atoms with Gasteiger partial charge in [-0.3, -0.25) is 9.59 Å². The summed E-state index contributed by atoms with van der Waals surface area (Å²) in [5.74, 6) is -0.949. The first-order valence-corrected chi connectivity index (χ1v) is 6.93. The number of halogens is 1. The first-order valence-electron chi connectivity index (χ1n) is 6.56. The van der Waals surface area contributed by atoms with Crippen molar-refractivity contribution in [2.75, 3.05) is 0 Å². The van der Waals surface area contributed by atoms with Gasteiger partial charge in [-0.05, 0) is 37.1 Å². The number of carbonyl (C=O) groups is 2. The highest BCUT2D eigenvalue weighted by molar-refractivity contribution is 6.30.